The van der Waals surface area contributed by atoms with Crippen molar-refractivity contribution in [2.24, 2.45) is 0 Å². The Hall–Kier alpha value is -3.65. The fourth-order valence-electron chi connectivity index (χ4n) is 4.53. The van der Waals surface area contributed by atoms with Crippen LogP contribution in [0.25, 0.3) is 0 Å². The quantitative estimate of drug-likeness (QED) is 0.400. The van der Waals surface area contributed by atoms with Gasteiger partial charge >= 0.3 is 0 Å². The van der Waals surface area contributed by atoms with E-state index in [9.17, 15) is 18.0 Å². The van der Waals surface area contributed by atoms with Gasteiger partial charge in [0.2, 0.25) is 21.8 Å². The Labute approximate surface area is 226 Å². The van der Waals surface area contributed by atoms with E-state index < -0.39 is 28.5 Å². The highest BCUT2D eigenvalue weighted by molar-refractivity contribution is 7.92. The second-order valence-electron chi connectivity index (χ2n) is 9.66. The van der Waals surface area contributed by atoms with Gasteiger partial charge in [-0.15, -0.1) is 0 Å². The monoisotopic (exact) mass is 535 g/mol. The molecule has 0 spiro atoms. The number of likely N-dealkylation sites (N-methyl/N-ethyl adjacent to an activating group) is 1. The molecule has 1 atom stereocenters. The Morgan fingerprint density at radius 1 is 0.895 bits per heavy atom. The summed E-state index contributed by atoms with van der Waals surface area (Å²) in [6.45, 7) is 7.71. The maximum Gasteiger partial charge on any atom is 0.244 e. The SMILES string of the molecule is CCNC(=O)[C@H](Cc1ccccc1)N(Cc1ccccc1C)C(=O)CN(c1cc(C)cc(C)c1)S(C)(=O)=O. The lowest BCUT2D eigenvalue weighted by Gasteiger charge is -2.34. The van der Waals surface area contributed by atoms with E-state index in [1.165, 1.54) is 4.90 Å². The van der Waals surface area contributed by atoms with Crippen molar-refractivity contribution in [3.8, 4) is 0 Å². The van der Waals surface area contributed by atoms with Gasteiger partial charge in [0.1, 0.15) is 12.6 Å². The van der Waals surface area contributed by atoms with Gasteiger partial charge in [0.05, 0.1) is 11.9 Å². The van der Waals surface area contributed by atoms with Gasteiger partial charge in [-0.05, 0) is 67.6 Å². The third-order valence-corrected chi connectivity index (χ3v) is 7.54. The normalized spacial score (nSPS) is 12.0. The molecule has 202 valence electrons. The van der Waals surface area contributed by atoms with Crippen molar-refractivity contribution >= 4 is 27.5 Å². The van der Waals surface area contributed by atoms with Gasteiger partial charge in [-0.1, -0.05) is 60.7 Å². The summed E-state index contributed by atoms with van der Waals surface area (Å²) in [6, 6.07) is 21.8. The number of aryl methyl sites for hydroxylation is 3. The summed E-state index contributed by atoms with van der Waals surface area (Å²) in [5, 5.41) is 2.87. The minimum Gasteiger partial charge on any atom is -0.355 e. The van der Waals surface area contributed by atoms with E-state index in [1.54, 1.807) is 12.1 Å². The molecule has 7 nitrogen and oxygen atoms in total. The highest BCUT2D eigenvalue weighted by Gasteiger charge is 2.33. The number of rotatable bonds is 11. The molecule has 8 heteroatoms. The Morgan fingerprint density at radius 2 is 1.50 bits per heavy atom. The molecule has 3 aromatic carbocycles. The zero-order valence-corrected chi connectivity index (χ0v) is 23.6. The lowest BCUT2D eigenvalue weighted by Crippen LogP contribution is -2.53. The van der Waals surface area contributed by atoms with Gasteiger partial charge in [-0.2, -0.15) is 0 Å². The van der Waals surface area contributed by atoms with Crippen molar-refractivity contribution in [1.82, 2.24) is 10.2 Å². The van der Waals surface area contributed by atoms with Crippen molar-refractivity contribution in [2.75, 3.05) is 23.7 Å². The maximum atomic E-state index is 14.0. The number of benzene rings is 3. The molecular weight excluding hydrogens is 498 g/mol. The van der Waals surface area contributed by atoms with Crippen LogP contribution in [-0.4, -0.2) is 50.5 Å². The first-order valence-electron chi connectivity index (χ1n) is 12.7. The summed E-state index contributed by atoms with van der Waals surface area (Å²) in [6.07, 6.45) is 1.39. The first kappa shape index (κ1) is 28.9. The summed E-state index contributed by atoms with van der Waals surface area (Å²) in [5.74, 6) is -0.736. The molecule has 38 heavy (non-hydrogen) atoms. The van der Waals surface area contributed by atoms with Crippen molar-refractivity contribution in [2.45, 2.75) is 46.7 Å². The smallest absolute Gasteiger partial charge is 0.244 e. The minimum atomic E-state index is -3.79. The van der Waals surface area contributed by atoms with E-state index in [0.29, 0.717) is 18.7 Å². The molecule has 0 radical (unpaired) electrons. The number of amides is 2. The molecular formula is C30H37N3O4S. The first-order chi connectivity index (χ1) is 18.0. The van der Waals surface area contributed by atoms with Crippen LogP contribution in [0.4, 0.5) is 5.69 Å². The summed E-state index contributed by atoms with van der Waals surface area (Å²) in [5.41, 5.74) is 4.98. The Balaban J connectivity index is 2.07. The number of nitrogens with one attached hydrogen (secondary N) is 1. The average molecular weight is 536 g/mol. The van der Waals surface area contributed by atoms with Crippen LogP contribution in [-0.2, 0) is 32.6 Å². The molecule has 0 saturated heterocycles. The van der Waals surface area contributed by atoms with Crippen LogP contribution in [0.1, 0.15) is 34.7 Å². The van der Waals surface area contributed by atoms with Gasteiger partial charge in [0.25, 0.3) is 0 Å². The van der Waals surface area contributed by atoms with Crippen LogP contribution in [0.2, 0.25) is 0 Å². The molecule has 0 fully saturated rings. The predicted molar refractivity (Wildman–Crippen MR) is 152 cm³/mol. The minimum absolute atomic E-state index is 0.171. The maximum absolute atomic E-state index is 14.0. The zero-order valence-electron chi connectivity index (χ0n) is 22.8. The first-order valence-corrected chi connectivity index (χ1v) is 14.6. The Morgan fingerprint density at radius 3 is 2.08 bits per heavy atom. The third kappa shape index (κ3) is 7.68. The highest BCUT2D eigenvalue weighted by atomic mass is 32.2. The molecule has 3 rings (SSSR count). The molecule has 0 unspecified atom stereocenters. The number of nitrogens with zero attached hydrogens (tertiary/aromatic N) is 2. The number of anilines is 1. The standard InChI is InChI=1S/C30H37N3O4S/c1-6-31-30(35)28(19-25-13-8-7-9-14-25)32(20-26-15-11-10-12-24(26)4)29(34)21-33(38(5,36)37)27-17-22(2)16-23(3)18-27/h7-18,28H,6,19-21H2,1-5H3,(H,31,35)/t28-/m0/s1. The van der Waals surface area contributed by atoms with Crippen LogP contribution in [0.5, 0.6) is 0 Å². The van der Waals surface area contributed by atoms with Gasteiger partial charge in [0, 0.05) is 19.5 Å². The molecule has 0 aliphatic carbocycles. The lowest BCUT2D eigenvalue weighted by molar-refractivity contribution is -0.140. The van der Waals surface area contributed by atoms with Crippen molar-refractivity contribution in [3.05, 3.63) is 101 Å². The van der Waals surface area contributed by atoms with Gasteiger partial charge in [-0.25, -0.2) is 8.42 Å². The second-order valence-corrected chi connectivity index (χ2v) is 11.6. The molecule has 0 aliphatic heterocycles. The van der Waals surface area contributed by atoms with Gasteiger partial charge in [-0.3, -0.25) is 13.9 Å². The van der Waals surface area contributed by atoms with E-state index in [2.05, 4.69) is 5.32 Å². The number of hydrogen-bond acceptors (Lipinski definition) is 4. The lowest BCUT2D eigenvalue weighted by atomic mass is 10.0. The number of carbonyl (C=O) groups is 2. The number of hydrogen-bond donors (Lipinski definition) is 1. The van der Waals surface area contributed by atoms with Gasteiger partial charge in [0.15, 0.2) is 0 Å². The average Bonchev–Trinajstić information content (AvgIpc) is 2.85. The fraction of sp³-hybridized carbons (Fsp3) is 0.333. The molecule has 0 bridgehead atoms. The van der Waals surface area contributed by atoms with Crippen molar-refractivity contribution < 1.29 is 18.0 Å². The van der Waals surface area contributed by atoms with E-state index in [0.717, 1.165) is 38.4 Å². The molecule has 0 saturated carbocycles. The number of carbonyl (C=O) groups excluding carboxylic acids is 2. The summed E-state index contributed by atoms with van der Waals surface area (Å²) in [7, 11) is -3.79. The summed E-state index contributed by atoms with van der Waals surface area (Å²) >= 11 is 0. The Bertz CT molecular complexity index is 1350. The van der Waals surface area contributed by atoms with E-state index in [1.807, 2.05) is 88.4 Å². The van der Waals surface area contributed by atoms with E-state index >= 15 is 0 Å². The molecule has 0 aromatic heterocycles. The highest BCUT2D eigenvalue weighted by Crippen LogP contribution is 2.23. The largest absolute Gasteiger partial charge is 0.355 e. The van der Waals surface area contributed by atoms with Crippen LogP contribution in [0, 0.1) is 20.8 Å². The van der Waals surface area contributed by atoms with E-state index in [4.69, 9.17) is 0 Å². The summed E-state index contributed by atoms with van der Waals surface area (Å²) in [4.78, 5) is 28.9. The van der Waals surface area contributed by atoms with Crippen LogP contribution >= 0.6 is 0 Å². The fourth-order valence-corrected chi connectivity index (χ4v) is 5.36. The van der Waals surface area contributed by atoms with Crippen molar-refractivity contribution in [3.63, 3.8) is 0 Å². The molecule has 0 aliphatic rings. The van der Waals surface area contributed by atoms with Crippen LogP contribution in [0.3, 0.4) is 0 Å². The predicted octanol–water partition coefficient (Wildman–Crippen LogP) is 4.15. The molecule has 3 aromatic rings. The zero-order chi connectivity index (χ0) is 27.9. The van der Waals surface area contributed by atoms with E-state index in [-0.39, 0.29) is 12.5 Å². The second kappa shape index (κ2) is 12.7. The topological polar surface area (TPSA) is 86.8 Å². The van der Waals surface area contributed by atoms with Gasteiger partial charge < -0.3 is 10.2 Å². The van der Waals surface area contributed by atoms with Crippen LogP contribution < -0.4 is 9.62 Å². The summed E-state index contributed by atoms with van der Waals surface area (Å²) < 4.78 is 26.9. The molecule has 2 amide bonds. The van der Waals surface area contributed by atoms with Crippen LogP contribution in [0.15, 0.2) is 72.8 Å². The van der Waals surface area contributed by atoms with Crippen molar-refractivity contribution in [1.29, 1.82) is 0 Å². The molecule has 0 heterocycles. The number of sulfonamides is 1. The third-order valence-electron chi connectivity index (χ3n) is 6.40. The Kier molecular flexibility index (Phi) is 9.69. The molecule has 1 N–H and O–H groups in total.